The predicted octanol–water partition coefficient (Wildman–Crippen LogP) is 6.06. The average Bonchev–Trinajstić information content (AvgIpc) is 3.39. The number of carbonyl (C=O) groups is 1. The number of halogens is 2. The summed E-state index contributed by atoms with van der Waals surface area (Å²) in [6.45, 7) is 2.89. The van der Waals surface area contributed by atoms with E-state index in [0.717, 1.165) is 54.8 Å². The monoisotopic (exact) mass is 571 g/mol. The van der Waals surface area contributed by atoms with E-state index < -0.39 is 16.9 Å². The number of hydrogen-bond acceptors (Lipinski definition) is 6. The van der Waals surface area contributed by atoms with Gasteiger partial charge in [-0.05, 0) is 85.5 Å². The maximum Gasteiger partial charge on any atom is 0.293 e. The van der Waals surface area contributed by atoms with Gasteiger partial charge in [-0.25, -0.2) is 13.8 Å². The van der Waals surface area contributed by atoms with Gasteiger partial charge in [0.15, 0.2) is 0 Å². The maximum atomic E-state index is 14.1. The molecule has 2 aliphatic heterocycles. The van der Waals surface area contributed by atoms with Crippen LogP contribution in [0.1, 0.15) is 46.8 Å². The Labute approximate surface area is 242 Å². The zero-order chi connectivity index (χ0) is 29.4. The molecule has 2 fully saturated rings. The Morgan fingerprint density at radius 3 is 2.31 bits per heavy atom. The van der Waals surface area contributed by atoms with Gasteiger partial charge in [0, 0.05) is 43.7 Å². The molecule has 3 aliphatic rings. The third-order valence-corrected chi connectivity index (χ3v) is 8.40. The van der Waals surface area contributed by atoms with Crippen LogP contribution in [0.4, 0.5) is 20.2 Å². The van der Waals surface area contributed by atoms with E-state index in [9.17, 15) is 23.7 Å². The molecule has 2 atom stereocenters. The molecular weight excluding hydrogens is 540 g/mol. The van der Waals surface area contributed by atoms with Gasteiger partial charge in [0.2, 0.25) is 0 Å². The SMILES string of the molecule is CN1CCN(c2ccc(C(=O)N3N=C4/C(=C/c5ccc(F)cc5)CCC[C@@H]4[C@H]3c3ccc(F)cc3)cc2[N+](=O)[O-])CC1. The van der Waals surface area contributed by atoms with Gasteiger partial charge in [-0.2, -0.15) is 5.10 Å². The van der Waals surface area contributed by atoms with Crippen molar-refractivity contribution < 1.29 is 18.5 Å². The maximum absolute atomic E-state index is 14.1. The first kappa shape index (κ1) is 27.7. The number of piperazine rings is 1. The van der Waals surface area contributed by atoms with Crippen molar-refractivity contribution in [3.05, 3.63) is 111 Å². The smallest absolute Gasteiger partial charge is 0.293 e. The molecule has 0 radical (unpaired) electrons. The van der Waals surface area contributed by atoms with Crippen LogP contribution in [-0.2, 0) is 0 Å². The van der Waals surface area contributed by atoms with E-state index in [2.05, 4.69) is 4.90 Å². The first-order chi connectivity index (χ1) is 20.3. The number of carbonyl (C=O) groups excluding carboxylic acids is 1. The Hall–Kier alpha value is -4.44. The van der Waals surface area contributed by atoms with Crippen molar-refractivity contribution in [2.75, 3.05) is 38.1 Å². The molecule has 216 valence electrons. The van der Waals surface area contributed by atoms with Gasteiger partial charge >= 0.3 is 0 Å². The molecule has 3 aromatic carbocycles. The molecule has 0 N–H and O–H groups in total. The van der Waals surface area contributed by atoms with Gasteiger partial charge in [-0.15, -0.1) is 0 Å². The molecule has 42 heavy (non-hydrogen) atoms. The summed E-state index contributed by atoms with van der Waals surface area (Å²) >= 11 is 0. The Kier molecular flexibility index (Phi) is 7.55. The number of anilines is 1. The lowest BCUT2D eigenvalue weighted by molar-refractivity contribution is -0.384. The highest BCUT2D eigenvalue weighted by Crippen LogP contribution is 2.45. The number of nitro benzene ring substituents is 1. The van der Waals surface area contributed by atoms with Crippen molar-refractivity contribution in [1.82, 2.24) is 9.91 Å². The number of hydrogen-bond donors (Lipinski definition) is 0. The zero-order valence-corrected chi connectivity index (χ0v) is 23.2. The van der Waals surface area contributed by atoms with E-state index in [0.29, 0.717) is 18.8 Å². The second-order valence-electron chi connectivity index (χ2n) is 11.1. The van der Waals surface area contributed by atoms with E-state index in [1.807, 2.05) is 18.0 Å². The molecule has 0 unspecified atom stereocenters. The molecular formula is C32H31F2N5O3. The van der Waals surface area contributed by atoms with Crippen LogP contribution >= 0.6 is 0 Å². The zero-order valence-electron chi connectivity index (χ0n) is 23.2. The van der Waals surface area contributed by atoms with Crippen molar-refractivity contribution >= 4 is 29.1 Å². The minimum atomic E-state index is -0.499. The third-order valence-electron chi connectivity index (χ3n) is 8.40. The van der Waals surface area contributed by atoms with E-state index in [-0.39, 0.29) is 28.8 Å². The van der Waals surface area contributed by atoms with Crippen LogP contribution in [0.15, 0.2) is 77.4 Å². The van der Waals surface area contributed by atoms with Crippen LogP contribution < -0.4 is 4.90 Å². The van der Waals surface area contributed by atoms with E-state index in [1.165, 1.54) is 35.3 Å². The van der Waals surface area contributed by atoms with E-state index in [1.54, 1.807) is 36.4 Å². The van der Waals surface area contributed by atoms with E-state index in [4.69, 9.17) is 5.10 Å². The van der Waals surface area contributed by atoms with Crippen molar-refractivity contribution in [2.24, 2.45) is 11.0 Å². The molecule has 3 aromatic rings. The van der Waals surface area contributed by atoms with Crippen molar-refractivity contribution in [1.29, 1.82) is 0 Å². The van der Waals surface area contributed by atoms with Gasteiger partial charge in [0.1, 0.15) is 17.3 Å². The molecule has 1 saturated carbocycles. The number of hydrazone groups is 1. The van der Waals surface area contributed by atoms with Crippen LogP contribution in [0.25, 0.3) is 6.08 Å². The molecule has 2 heterocycles. The summed E-state index contributed by atoms with van der Waals surface area (Å²) in [7, 11) is 2.01. The molecule has 1 aliphatic carbocycles. The fourth-order valence-electron chi connectivity index (χ4n) is 6.17. The molecule has 1 saturated heterocycles. The van der Waals surface area contributed by atoms with E-state index >= 15 is 0 Å². The Bertz CT molecular complexity index is 1560. The normalized spacial score (nSPS) is 21.8. The summed E-state index contributed by atoms with van der Waals surface area (Å²) in [6.07, 6.45) is 4.35. The lowest BCUT2D eigenvalue weighted by Crippen LogP contribution is -2.44. The van der Waals surface area contributed by atoms with Crippen LogP contribution in [0, 0.1) is 27.7 Å². The van der Waals surface area contributed by atoms with Gasteiger partial charge in [0.05, 0.1) is 16.7 Å². The number of nitrogens with zero attached hydrogens (tertiary/aromatic N) is 5. The highest BCUT2D eigenvalue weighted by atomic mass is 19.1. The number of likely N-dealkylation sites (N-methyl/N-ethyl adjacent to an activating group) is 1. The van der Waals surface area contributed by atoms with Crippen LogP contribution in [0.5, 0.6) is 0 Å². The first-order valence-corrected chi connectivity index (χ1v) is 14.1. The molecule has 0 spiro atoms. The number of allylic oxidation sites excluding steroid dienone is 1. The highest BCUT2D eigenvalue weighted by Gasteiger charge is 2.44. The third kappa shape index (κ3) is 5.42. The summed E-state index contributed by atoms with van der Waals surface area (Å²) in [6, 6.07) is 16.4. The standard InChI is InChI=1S/C32H31F2N5O3/c1-36-15-17-37(18-16-36)28-14-9-24(20-29(28)39(41)42)32(40)38-31(22-7-12-26(34)13-8-22)27-4-2-3-23(30(27)35-38)19-21-5-10-25(33)11-6-21/h5-14,19-20,27,31H,2-4,15-18H2,1H3/b23-19+/t27-,31+/m0/s1. The summed E-state index contributed by atoms with van der Waals surface area (Å²) < 4.78 is 27.4. The predicted molar refractivity (Wildman–Crippen MR) is 157 cm³/mol. The van der Waals surface area contributed by atoms with Gasteiger partial charge < -0.3 is 9.80 Å². The second kappa shape index (κ2) is 11.4. The Morgan fingerprint density at radius 1 is 0.976 bits per heavy atom. The fourth-order valence-corrected chi connectivity index (χ4v) is 6.17. The number of rotatable bonds is 5. The molecule has 10 heteroatoms. The van der Waals surface area contributed by atoms with Crippen LogP contribution in [-0.4, -0.2) is 59.7 Å². The van der Waals surface area contributed by atoms with Gasteiger partial charge in [-0.1, -0.05) is 24.3 Å². The number of benzene rings is 3. The summed E-state index contributed by atoms with van der Waals surface area (Å²) in [5.74, 6) is -1.30. The van der Waals surface area contributed by atoms with Crippen LogP contribution in [0.3, 0.4) is 0 Å². The largest absolute Gasteiger partial charge is 0.363 e. The van der Waals surface area contributed by atoms with Crippen molar-refractivity contribution in [3.8, 4) is 0 Å². The molecule has 1 amide bonds. The minimum Gasteiger partial charge on any atom is -0.363 e. The first-order valence-electron chi connectivity index (χ1n) is 14.1. The average molecular weight is 572 g/mol. The lowest BCUT2D eigenvalue weighted by atomic mass is 9.77. The highest BCUT2D eigenvalue weighted by molar-refractivity contribution is 6.09. The number of amides is 1. The van der Waals surface area contributed by atoms with Gasteiger partial charge in [-0.3, -0.25) is 14.9 Å². The Balaban J connectivity index is 1.39. The second-order valence-corrected chi connectivity index (χ2v) is 11.1. The number of fused-ring (bicyclic) bond motifs is 1. The molecule has 6 rings (SSSR count). The van der Waals surface area contributed by atoms with Crippen molar-refractivity contribution in [3.63, 3.8) is 0 Å². The molecule has 0 aromatic heterocycles. The Morgan fingerprint density at radius 2 is 1.64 bits per heavy atom. The fraction of sp³-hybridized carbons (Fsp3) is 0.312. The summed E-state index contributed by atoms with van der Waals surface area (Å²) in [5, 5.41) is 18.4. The molecule has 8 nitrogen and oxygen atoms in total. The topological polar surface area (TPSA) is 82.3 Å². The minimum absolute atomic E-state index is 0.120. The lowest BCUT2D eigenvalue weighted by Gasteiger charge is -2.33. The van der Waals surface area contributed by atoms with Crippen molar-refractivity contribution in [2.45, 2.75) is 25.3 Å². The number of nitro groups is 1. The summed E-state index contributed by atoms with van der Waals surface area (Å²) in [4.78, 5) is 29.9. The van der Waals surface area contributed by atoms with Crippen LogP contribution in [0.2, 0.25) is 0 Å². The summed E-state index contributed by atoms with van der Waals surface area (Å²) in [5.41, 5.74) is 3.82. The van der Waals surface area contributed by atoms with Gasteiger partial charge in [0.25, 0.3) is 11.6 Å². The quantitative estimate of drug-likeness (QED) is 0.275. The molecule has 0 bridgehead atoms.